The van der Waals surface area contributed by atoms with Crippen molar-refractivity contribution in [3.8, 4) is 17.6 Å². The van der Waals surface area contributed by atoms with E-state index in [1.54, 1.807) is 37.6 Å². The Hall–Kier alpha value is -2.66. The maximum absolute atomic E-state index is 13.6. The molecule has 10 heteroatoms. The number of benzene rings is 2. The van der Waals surface area contributed by atoms with Crippen molar-refractivity contribution in [3.05, 3.63) is 46.8 Å². The lowest BCUT2D eigenvalue weighted by atomic mass is 9.94. The van der Waals surface area contributed by atoms with E-state index in [-0.39, 0.29) is 18.2 Å². The molecule has 5 nitrogen and oxygen atoms in total. The number of fused-ring (bicyclic) bond motifs is 1. The van der Waals surface area contributed by atoms with E-state index < -0.39 is 19.7 Å². The van der Waals surface area contributed by atoms with Crippen LogP contribution in [0.2, 0.25) is 0 Å². The Morgan fingerprint density at radius 3 is 2.64 bits per heavy atom. The fourth-order valence-electron chi connectivity index (χ4n) is 4.95. The first-order valence-electron chi connectivity index (χ1n) is 12.9. The number of hydrogen-bond acceptors (Lipinski definition) is 6. The molecule has 3 aromatic rings. The summed E-state index contributed by atoms with van der Waals surface area (Å²) in [4.78, 5) is 2.73. The SMILES string of the molecule is COc1cc(P(C)(C)=O)ccc1NCC#Cc1sc2c(N[C@H]3CCN(C)C[C@H]3C)cccc2c1CC(F)(F)F. The molecular weight excluding hydrogens is 542 g/mol. The van der Waals surface area contributed by atoms with Gasteiger partial charge in [-0.1, -0.05) is 30.9 Å². The van der Waals surface area contributed by atoms with Crippen LogP contribution in [0.3, 0.4) is 0 Å². The zero-order chi connectivity index (χ0) is 28.4. The number of piperidine rings is 1. The topological polar surface area (TPSA) is 53.6 Å². The van der Waals surface area contributed by atoms with Crippen LogP contribution in [0.1, 0.15) is 23.8 Å². The molecule has 1 aliphatic heterocycles. The van der Waals surface area contributed by atoms with E-state index in [4.69, 9.17) is 4.74 Å². The Balaban J connectivity index is 1.60. The zero-order valence-corrected chi connectivity index (χ0v) is 24.6. The molecule has 2 atom stereocenters. The summed E-state index contributed by atoms with van der Waals surface area (Å²) in [6.45, 7) is 7.76. The number of anilines is 2. The van der Waals surface area contributed by atoms with Gasteiger partial charge in [0.25, 0.3) is 0 Å². The Kier molecular flexibility index (Phi) is 8.90. The third kappa shape index (κ3) is 7.30. The highest BCUT2D eigenvalue weighted by Crippen LogP contribution is 2.40. The minimum absolute atomic E-state index is 0.212. The molecule has 39 heavy (non-hydrogen) atoms. The number of hydrogen-bond donors (Lipinski definition) is 2. The maximum atomic E-state index is 13.6. The summed E-state index contributed by atoms with van der Waals surface area (Å²) in [6.07, 6.45) is -4.39. The minimum atomic E-state index is -4.35. The summed E-state index contributed by atoms with van der Waals surface area (Å²) in [6, 6.07) is 11.1. The van der Waals surface area contributed by atoms with Gasteiger partial charge in [-0.25, -0.2) is 0 Å². The van der Waals surface area contributed by atoms with Gasteiger partial charge >= 0.3 is 6.18 Å². The van der Waals surface area contributed by atoms with E-state index in [0.717, 1.165) is 29.9 Å². The second-order valence-corrected chi connectivity index (χ2v) is 14.8. The van der Waals surface area contributed by atoms with Crippen LogP contribution in [0.15, 0.2) is 36.4 Å². The van der Waals surface area contributed by atoms with E-state index in [1.165, 1.54) is 18.4 Å². The van der Waals surface area contributed by atoms with Crippen molar-refractivity contribution in [2.24, 2.45) is 5.92 Å². The van der Waals surface area contributed by atoms with Crippen LogP contribution in [0.4, 0.5) is 24.5 Å². The zero-order valence-electron chi connectivity index (χ0n) is 22.9. The number of thiophene rings is 1. The average Bonchev–Trinajstić information content (AvgIpc) is 3.19. The first kappa shape index (κ1) is 29.3. The molecule has 2 heterocycles. The van der Waals surface area contributed by atoms with E-state index in [0.29, 0.717) is 32.9 Å². The molecule has 1 aliphatic rings. The average molecular weight is 578 g/mol. The van der Waals surface area contributed by atoms with Gasteiger partial charge in [-0.2, -0.15) is 13.2 Å². The van der Waals surface area contributed by atoms with Crippen LogP contribution < -0.4 is 20.7 Å². The molecule has 0 spiro atoms. The monoisotopic (exact) mass is 577 g/mol. The van der Waals surface area contributed by atoms with Crippen molar-refractivity contribution in [1.29, 1.82) is 0 Å². The van der Waals surface area contributed by atoms with Gasteiger partial charge in [0, 0.05) is 17.9 Å². The van der Waals surface area contributed by atoms with Crippen molar-refractivity contribution in [3.63, 3.8) is 0 Å². The normalized spacial score (nSPS) is 18.5. The molecule has 4 rings (SSSR count). The van der Waals surface area contributed by atoms with Gasteiger partial charge in [0.05, 0.1) is 41.0 Å². The highest BCUT2D eigenvalue weighted by Gasteiger charge is 2.31. The summed E-state index contributed by atoms with van der Waals surface area (Å²) in [5.74, 6) is 6.95. The summed E-state index contributed by atoms with van der Waals surface area (Å²) in [5.41, 5.74) is 1.76. The number of likely N-dealkylation sites (tertiary alicyclic amines) is 1. The lowest BCUT2D eigenvalue weighted by Gasteiger charge is -2.35. The third-order valence-electron chi connectivity index (χ3n) is 7.02. The van der Waals surface area contributed by atoms with Crippen LogP contribution in [0, 0.1) is 17.8 Å². The smallest absolute Gasteiger partial charge is 0.393 e. The van der Waals surface area contributed by atoms with Crippen LogP contribution >= 0.6 is 18.5 Å². The quantitative estimate of drug-likeness (QED) is 0.249. The van der Waals surface area contributed by atoms with E-state index in [2.05, 4.69) is 41.3 Å². The molecular formula is C29H35F3N3O2PS. The number of nitrogens with zero attached hydrogens (tertiary/aromatic N) is 1. The first-order chi connectivity index (χ1) is 18.4. The number of methoxy groups -OCH3 is 1. The molecule has 2 aromatic carbocycles. The van der Waals surface area contributed by atoms with E-state index in [1.807, 2.05) is 12.1 Å². The maximum Gasteiger partial charge on any atom is 0.393 e. The molecule has 0 aliphatic carbocycles. The highest BCUT2D eigenvalue weighted by molar-refractivity contribution is 7.70. The number of halogens is 3. The molecule has 0 bridgehead atoms. The van der Waals surface area contributed by atoms with Crippen LogP contribution in [0.25, 0.3) is 10.1 Å². The Bertz CT molecular complexity index is 1440. The lowest BCUT2D eigenvalue weighted by molar-refractivity contribution is -0.126. The molecule has 0 amide bonds. The van der Waals surface area contributed by atoms with Gasteiger partial charge in [0.2, 0.25) is 0 Å². The van der Waals surface area contributed by atoms with E-state index >= 15 is 0 Å². The van der Waals surface area contributed by atoms with Crippen molar-refractivity contribution in [2.45, 2.75) is 32.0 Å². The van der Waals surface area contributed by atoms with Gasteiger partial charge in [-0.05, 0) is 74.5 Å². The molecule has 1 fully saturated rings. The van der Waals surface area contributed by atoms with Gasteiger partial charge in [-0.3, -0.25) is 0 Å². The third-order valence-corrected chi connectivity index (χ3v) is 9.74. The number of rotatable bonds is 7. The highest BCUT2D eigenvalue weighted by atomic mass is 32.1. The first-order valence-corrected chi connectivity index (χ1v) is 16.3. The summed E-state index contributed by atoms with van der Waals surface area (Å²) in [7, 11) is 1.20. The second kappa shape index (κ2) is 11.8. The predicted octanol–water partition coefficient (Wildman–Crippen LogP) is 6.48. The summed E-state index contributed by atoms with van der Waals surface area (Å²) in [5, 5.41) is 8.09. The summed E-state index contributed by atoms with van der Waals surface area (Å²) >= 11 is 1.31. The molecule has 0 unspecified atom stereocenters. The standard InChI is InChI=1S/C29H35F3N3O2PS/c1-19-18-35(2)15-13-23(19)34-25-9-6-8-21-22(17-29(30,31)32)27(39-28(21)25)10-7-14-33-24-12-11-20(38(4,5)36)16-26(24)37-3/h6,8-9,11-12,16,19,23,33-34H,13-15,17-18H2,1-5H3/t19-,23+/m1/s1. The van der Waals surface area contributed by atoms with Crippen LogP contribution in [0.5, 0.6) is 5.75 Å². The summed E-state index contributed by atoms with van der Waals surface area (Å²) < 4.78 is 59.4. The van der Waals surface area contributed by atoms with Crippen molar-refractivity contribution in [2.75, 3.05) is 57.8 Å². The van der Waals surface area contributed by atoms with Crippen molar-refractivity contribution in [1.82, 2.24) is 4.90 Å². The lowest BCUT2D eigenvalue weighted by Crippen LogP contribution is -2.43. The fraction of sp³-hybridized carbons (Fsp3) is 0.448. The van der Waals surface area contributed by atoms with Crippen LogP contribution in [-0.4, -0.2) is 64.2 Å². The molecule has 0 radical (unpaired) electrons. The number of nitrogens with one attached hydrogen (secondary N) is 2. The predicted molar refractivity (Wildman–Crippen MR) is 158 cm³/mol. The molecule has 1 aromatic heterocycles. The molecule has 210 valence electrons. The Labute approximate surface area is 232 Å². The largest absolute Gasteiger partial charge is 0.495 e. The minimum Gasteiger partial charge on any atom is -0.495 e. The molecule has 0 saturated carbocycles. The second-order valence-electron chi connectivity index (χ2n) is 10.6. The van der Waals surface area contributed by atoms with Crippen LogP contribution in [-0.2, 0) is 11.0 Å². The van der Waals surface area contributed by atoms with Gasteiger partial charge in [0.15, 0.2) is 0 Å². The molecule has 1 saturated heterocycles. The van der Waals surface area contributed by atoms with Gasteiger partial charge in [-0.15, -0.1) is 11.3 Å². The Morgan fingerprint density at radius 1 is 1.21 bits per heavy atom. The van der Waals surface area contributed by atoms with Crippen molar-refractivity contribution < 1.29 is 22.5 Å². The Morgan fingerprint density at radius 2 is 1.97 bits per heavy atom. The van der Waals surface area contributed by atoms with E-state index in [9.17, 15) is 17.7 Å². The van der Waals surface area contributed by atoms with Crippen molar-refractivity contribution >= 4 is 45.2 Å². The number of ether oxygens (including phenoxy) is 1. The fourth-order valence-corrected chi connectivity index (χ4v) is 6.99. The van der Waals surface area contributed by atoms with Gasteiger partial charge < -0.3 is 24.8 Å². The van der Waals surface area contributed by atoms with Gasteiger partial charge in [0.1, 0.15) is 12.9 Å². The number of alkyl halides is 3. The molecule has 2 N–H and O–H groups in total.